The Hall–Kier alpha value is -3.33. The van der Waals surface area contributed by atoms with Crippen LogP contribution in [0.2, 0.25) is 5.02 Å². The second-order valence-corrected chi connectivity index (χ2v) is 9.33. The van der Waals surface area contributed by atoms with Crippen molar-refractivity contribution in [3.63, 3.8) is 0 Å². The minimum absolute atomic E-state index is 0.0356. The van der Waals surface area contributed by atoms with Gasteiger partial charge in [0.05, 0.1) is 10.7 Å². The number of halogens is 2. The van der Waals surface area contributed by atoms with Crippen LogP contribution in [0, 0.1) is 5.82 Å². The van der Waals surface area contributed by atoms with Crippen molar-refractivity contribution in [2.24, 2.45) is 0 Å². The lowest BCUT2D eigenvalue weighted by molar-refractivity contribution is 0.0729. The smallest absolute Gasteiger partial charge is 0.211 e. The van der Waals surface area contributed by atoms with Gasteiger partial charge < -0.3 is 29.8 Å². The van der Waals surface area contributed by atoms with E-state index in [1.54, 1.807) is 59.7 Å². The molecule has 182 valence electrons. The Balaban J connectivity index is 1.49. The van der Waals surface area contributed by atoms with Crippen molar-refractivity contribution in [1.82, 2.24) is 14.8 Å². The van der Waals surface area contributed by atoms with E-state index in [1.165, 1.54) is 12.1 Å². The lowest BCUT2D eigenvalue weighted by atomic mass is 9.97. The van der Waals surface area contributed by atoms with Gasteiger partial charge >= 0.3 is 0 Å². The molecule has 3 heterocycles. The van der Waals surface area contributed by atoms with E-state index in [4.69, 9.17) is 11.6 Å². The number of hydrogen-bond donors (Lipinski definition) is 2. The standard InChI is InChI=1S/C26H27ClFN5O2/c1-30-7-10-32(11-8-30)24-14-18(5-6-29-24)21-16-19(28)15-20(25(21)34)17-3-4-23(22(27)13-17)33-12-9-31(2)26(33)35/h3-6,9,12-16,26,34-35H,7-8,10-11H2,1-2H3. The van der Waals surface area contributed by atoms with E-state index in [2.05, 4.69) is 21.8 Å². The predicted octanol–water partition coefficient (Wildman–Crippen LogP) is 4.16. The molecular formula is C26H27ClFN5O2. The minimum atomic E-state index is -0.867. The highest BCUT2D eigenvalue weighted by Gasteiger charge is 2.24. The number of nitrogens with zero attached hydrogens (tertiary/aromatic N) is 5. The highest BCUT2D eigenvalue weighted by Crippen LogP contribution is 2.42. The highest BCUT2D eigenvalue weighted by atomic mass is 35.5. The van der Waals surface area contributed by atoms with Crippen LogP contribution in [0.5, 0.6) is 5.75 Å². The largest absolute Gasteiger partial charge is 0.507 e. The van der Waals surface area contributed by atoms with Crippen molar-refractivity contribution < 1.29 is 14.6 Å². The van der Waals surface area contributed by atoms with Crippen molar-refractivity contribution in [2.75, 3.05) is 50.1 Å². The molecule has 0 aliphatic carbocycles. The van der Waals surface area contributed by atoms with Crippen LogP contribution >= 0.6 is 11.6 Å². The van der Waals surface area contributed by atoms with E-state index < -0.39 is 12.2 Å². The molecule has 3 aromatic rings. The van der Waals surface area contributed by atoms with Crippen molar-refractivity contribution in [1.29, 1.82) is 0 Å². The van der Waals surface area contributed by atoms with Gasteiger partial charge in [-0.3, -0.25) is 0 Å². The monoisotopic (exact) mass is 495 g/mol. The molecule has 5 rings (SSSR count). The molecule has 2 N–H and O–H groups in total. The number of aliphatic hydroxyl groups is 1. The zero-order valence-corrected chi connectivity index (χ0v) is 20.3. The van der Waals surface area contributed by atoms with Gasteiger partial charge in [0.25, 0.3) is 0 Å². The van der Waals surface area contributed by atoms with Crippen LogP contribution in [0.4, 0.5) is 15.9 Å². The van der Waals surface area contributed by atoms with Gasteiger partial charge in [-0.25, -0.2) is 9.37 Å². The van der Waals surface area contributed by atoms with Crippen molar-refractivity contribution in [3.8, 4) is 28.0 Å². The van der Waals surface area contributed by atoms with Gasteiger partial charge in [0.15, 0.2) is 0 Å². The average molecular weight is 496 g/mol. The Kier molecular flexibility index (Phi) is 6.27. The first-order valence-corrected chi connectivity index (χ1v) is 11.8. The highest BCUT2D eigenvalue weighted by molar-refractivity contribution is 6.33. The number of likely N-dealkylation sites (N-methyl/N-ethyl adjacent to an activating group) is 1. The molecule has 7 nitrogen and oxygen atoms in total. The van der Waals surface area contributed by atoms with E-state index >= 15 is 0 Å². The molecule has 1 atom stereocenters. The molecule has 1 fully saturated rings. The molecular weight excluding hydrogens is 469 g/mol. The van der Waals surface area contributed by atoms with Gasteiger partial charge in [-0.1, -0.05) is 17.7 Å². The molecule has 1 aromatic heterocycles. The van der Waals surface area contributed by atoms with Crippen LogP contribution in [0.15, 0.2) is 61.1 Å². The summed E-state index contributed by atoms with van der Waals surface area (Å²) >= 11 is 6.54. The third-order valence-corrected chi connectivity index (χ3v) is 6.87. The normalized spacial score (nSPS) is 18.5. The van der Waals surface area contributed by atoms with E-state index in [1.807, 2.05) is 6.07 Å². The first-order chi connectivity index (χ1) is 16.8. The van der Waals surface area contributed by atoms with Crippen molar-refractivity contribution in [3.05, 3.63) is 71.9 Å². The maximum Gasteiger partial charge on any atom is 0.211 e. The third-order valence-electron chi connectivity index (χ3n) is 6.57. The molecule has 0 saturated carbocycles. The fraction of sp³-hybridized carbons (Fsp3) is 0.269. The molecule has 0 bridgehead atoms. The Morgan fingerprint density at radius 1 is 0.943 bits per heavy atom. The maximum absolute atomic E-state index is 14.8. The van der Waals surface area contributed by atoms with Gasteiger partial charge in [-0.05, 0) is 54.6 Å². The second kappa shape index (κ2) is 9.37. The minimum Gasteiger partial charge on any atom is -0.507 e. The molecule has 0 spiro atoms. The number of anilines is 2. The third kappa shape index (κ3) is 4.52. The first-order valence-electron chi connectivity index (χ1n) is 11.4. The number of aromatic nitrogens is 1. The number of aliphatic hydroxyl groups excluding tert-OH is 1. The Morgan fingerprint density at radius 2 is 1.63 bits per heavy atom. The summed E-state index contributed by atoms with van der Waals surface area (Å²) in [4.78, 5) is 12.2. The fourth-order valence-corrected chi connectivity index (χ4v) is 4.73. The number of pyridine rings is 1. The van der Waals surface area contributed by atoms with Crippen molar-refractivity contribution in [2.45, 2.75) is 6.35 Å². The predicted molar refractivity (Wildman–Crippen MR) is 137 cm³/mol. The topological polar surface area (TPSA) is 66.3 Å². The van der Waals surface area contributed by atoms with Crippen molar-refractivity contribution >= 4 is 23.1 Å². The van der Waals surface area contributed by atoms with Crippen LogP contribution in [0.3, 0.4) is 0 Å². The van der Waals surface area contributed by atoms with Crippen LogP contribution < -0.4 is 9.80 Å². The van der Waals surface area contributed by atoms with Gasteiger partial charge in [0, 0.05) is 63.0 Å². The lowest BCUT2D eigenvalue weighted by Crippen LogP contribution is -2.44. The van der Waals surface area contributed by atoms with E-state index in [0.717, 1.165) is 32.0 Å². The molecule has 0 radical (unpaired) electrons. The summed E-state index contributed by atoms with van der Waals surface area (Å²) in [5, 5.41) is 21.9. The second-order valence-electron chi connectivity index (χ2n) is 8.93. The molecule has 2 aromatic carbocycles. The average Bonchev–Trinajstić information content (AvgIpc) is 3.18. The first kappa shape index (κ1) is 23.4. The summed E-state index contributed by atoms with van der Waals surface area (Å²) in [6.45, 7) is 3.60. The number of phenolic OH excluding ortho intramolecular Hbond substituents is 1. The quantitative estimate of drug-likeness (QED) is 0.563. The van der Waals surface area contributed by atoms with Crippen LogP contribution in [-0.4, -0.2) is 71.6 Å². The van der Waals surface area contributed by atoms with Gasteiger partial charge in [0.1, 0.15) is 17.4 Å². The zero-order chi connectivity index (χ0) is 24.7. The Bertz CT molecular complexity index is 1280. The summed E-state index contributed by atoms with van der Waals surface area (Å²) in [5.41, 5.74) is 2.57. The maximum atomic E-state index is 14.8. The van der Waals surface area contributed by atoms with E-state index in [-0.39, 0.29) is 5.75 Å². The van der Waals surface area contributed by atoms with Gasteiger partial charge in [-0.2, -0.15) is 0 Å². The van der Waals surface area contributed by atoms with E-state index in [0.29, 0.717) is 33.0 Å². The van der Waals surface area contributed by atoms with Crippen LogP contribution in [-0.2, 0) is 0 Å². The zero-order valence-electron chi connectivity index (χ0n) is 19.6. The van der Waals surface area contributed by atoms with Crippen LogP contribution in [0.25, 0.3) is 22.3 Å². The lowest BCUT2D eigenvalue weighted by Gasteiger charge is -2.33. The summed E-state index contributed by atoms with van der Waals surface area (Å²) in [7, 11) is 3.85. The molecule has 2 aliphatic rings. The number of aromatic hydroxyl groups is 1. The molecule has 1 unspecified atom stereocenters. The number of piperazine rings is 1. The van der Waals surface area contributed by atoms with Gasteiger partial charge in [0.2, 0.25) is 6.35 Å². The number of rotatable bonds is 4. The molecule has 35 heavy (non-hydrogen) atoms. The van der Waals surface area contributed by atoms with Crippen LogP contribution in [0.1, 0.15) is 0 Å². The summed E-state index contributed by atoms with van der Waals surface area (Å²) < 4.78 is 14.8. The van der Waals surface area contributed by atoms with E-state index in [9.17, 15) is 14.6 Å². The molecule has 9 heteroatoms. The summed E-state index contributed by atoms with van der Waals surface area (Å²) in [5.74, 6) is 0.299. The van der Waals surface area contributed by atoms with Gasteiger partial charge in [-0.15, -0.1) is 0 Å². The summed E-state index contributed by atoms with van der Waals surface area (Å²) in [6.07, 6.45) is 4.29. The number of benzene rings is 2. The SMILES string of the molecule is CN1CCN(c2cc(-c3cc(F)cc(-c4ccc(N5C=CN(C)C5O)c(Cl)c4)c3O)ccn2)CC1. The number of hydrogen-bond acceptors (Lipinski definition) is 7. The number of phenols is 1. The molecule has 1 saturated heterocycles. The molecule has 2 aliphatic heterocycles. The summed E-state index contributed by atoms with van der Waals surface area (Å²) in [6, 6.07) is 11.4. The Labute approximate surface area is 208 Å². The Morgan fingerprint density at radius 3 is 2.26 bits per heavy atom. The fourth-order valence-electron chi connectivity index (χ4n) is 4.45. The molecule has 0 amide bonds.